The van der Waals surface area contributed by atoms with E-state index in [1.807, 2.05) is 85.2 Å². The molecule has 136 heavy (non-hydrogen) atoms. The standard InChI is InChI=1S/C44H28N6.C41H27N3.C39H25N3/c1-4-13-29(14-5-1)42-46-43(30-15-6-2-7-16-30)48-44(47-42)50-37-20-11-10-19-34(37)35-27-31(22-24-38(35)50)32-23-25-39-36(28-32)41-40(21-12-26-45-41)49(39)33-17-8-3-9-18-33;1-3-11-28(12-4-1)29-19-22-32(23-20-29)43-37-17-9-7-15-33(37)35-27-30(21-25-39(35)43)36-24-26-40-41(42-36)34-16-8-10-18-38(34)44(40)31-13-5-2-6-14-31;1-2-13-29(14-3-1)41-36-18-8-7-17-32(36)34-24-28(25-40-39(34)41)27-21-22-38-33(23-27)31-16-6-9-19-37(31)42(38)35-20-10-12-26-11-4-5-15-30(26)35/h1-28H;1-27H;1-25H. The van der Waals surface area contributed by atoms with Gasteiger partial charge in [0.05, 0.1) is 83.1 Å². The van der Waals surface area contributed by atoms with Crippen LogP contribution in [0.1, 0.15) is 0 Å². The van der Waals surface area contributed by atoms with Gasteiger partial charge in [0.1, 0.15) is 5.65 Å². The van der Waals surface area contributed by atoms with E-state index in [1.165, 1.54) is 76.6 Å². The molecule has 12 heteroatoms. The first kappa shape index (κ1) is 78.5. The molecule has 636 valence electrons. The van der Waals surface area contributed by atoms with Crippen LogP contribution in [0.15, 0.2) is 486 Å². The number of nitrogens with zero attached hydrogens (tertiary/aromatic N) is 12. The lowest BCUT2D eigenvalue weighted by molar-refractivity contribution is 0.953. The molecular weight excluding hydrogens is 1660 g/mol. The highest BCUT2D eigenvalue weighted by Crippen LogP contribution is 2.44. The van der Waals surface area contributed by atoms with Crippen LogP contribution < -0.4 is 0 Å². The average Bonchev–Trinajstić information content (AvgIpc) is 1.58. The molecule has 0 amide bonds. The fraction of sp³-hybridized carbons (Fsp3) is 0. The fourth-order valence-corrected chi connectivity index (χ4v) is 20.5. The topological polar surface area (TPSA) is 107 Å². The molecule has 28 aromatic rings. The molecule has 10 aromatic heterocycles. The molecule has 0 unspecified atom stereocenters. The van der Waals surface area contributed by atoms with Gasteiger partial charge in [-0.15, -0.1) is 0 Å². The Morgan fingerprint density at radius 2 is 0.522 bits per heavy atom. The molecular formula is C124H80N12. The van der Waals surface area contributed by atoms with Crippen LogP contribution in [0.25, 0.3) is 244 Å². The SMILES string of the molecule is c1ccc(-c2ccc(-n3c4ccccc4c4cc(-c5ccc6c(n5)c5ccccc5n6-c5ccccc5)ccc43)cc2)cc1.c1ccc(-c2nc(-c3ccccc3)nc(-n3c4ccccc4c4cc(-c5ccc6c(c5)c5ncccc5n6-c5ccccc5)ccc43)n2)cc1.c1ccc(-n2c3ccccc3c3cc(-c4ccc5c(c4)c4ccccc4n5-c4cccc5ccccc45)cnc32)cc1. The van der Waals surface area contributed by atoms with Crippen LogP contribution in [0.5, 0.6) is 0 Å². The molecule has 18 aromatic carbocycles. The molecule has 0 bridgehead atoms. The van der Waals surface area contributed by atoms with Gasteiger partial charge in [0.25, 0.3) is 0 Å². The predicted molar refractivity (Wildman–Crippen MR) is 562 cm³/mol. The molecule has 0 fully saturated rings. The van der Waals surface area contributed by atoms with Crippen LogP contribution in [0.4, 0.5) is 0 Å². The highest BCUT2D eigenvalue weighted by Gasteiger charge is 2.25. The van der Waals surface area contributed by atoms with E-state index in [1.54, 1.807) is 0 Å². The van der Waals surface area contributed by atoms with E-state index < -0.39 is 0 Å². The van der Waals surface area contributed by atoms with Gasteiger partial charge < -0.3 is 18.3 Å². The van der Waals surface area contributed by atoms with Crippen molar-refractivity contribution in [3.63, 3.8) is 0 Å². The number of aromatic nitrogens is 12. The molecule has 0 aliphatic carbocycles. The third-order valence-electron chi connectivity index (χ3n) is 26.7. The Balaban J connectivity index is 0.000000106. The maximum absolute atomic E-state index is 5.28. The zero-order valence-electron chi connectivity index (χ0n) is 73.6. The number of hydrogen-bond acceptors (Lipinski definition) is 6. The van der Waals surface area contributed by atoms with Gasteiger partial charge in [-0.2, -0.15) is 9.97 Å². The van der Waals surface area contributed by atoms with Crippen molar-refractivity contribution in [2.24, 2.45) is 0 Å². The van der Waals surface area contributed by atoms with Crippen molar-refractivity contribution in [3.05, 3.63) is 486 Å². The number of rotatable bonds is 12. The minimum Gasteiger partial charge on any atom is -0.309 e. The number of pyridine rings is 3. The van der Waals surface area contributed by atoms with E-state index in [0.717, 1.165) is 150 Å². The van der Waals surface area contributed by atoms with E-state index in [0.29, 0.717) is 17.6 Å². The zero-order chi connectivity index (χ0) is 89.7. The average molecular weight is 1740 g/mol. The Labute approximate surface area is 781 Å². The number of para-hydroxylation sites is 8. The first-order valence-corrected chi connectivity index (χ1v) is 46.0. The van der Waals surface area contributed by atoms with Gasteiger partial charge in [0, 0.05) is 117 Å². The lowest BCUT2D eigenvalue weighted by Crippen LogP contribution is -2.06. The number of fused-ring (bicyclic) bond motifs is 19. The van der Waals surface area contributed by atoms with Crippen molar-refractivity contribution in [2.45, 2.75) is 0 Å². The Bertz CT molecular complexity index is 9470. The summed E-state index contributed by atoms with van der Waals surface area (Å²) in [6, 6.07) is 167. The smallest absolute Gasteiger partial charge is 0.238 e. The molecule has 0 saturated carbocycles. The number of benzene rings is 18. The molecule has 0 aliphatic heterocycles. The van der Waals surface area contributed by atoms with Crippen molar-refractivity contribution < 1.29 is 0 Å². The van der Waals surface area contributed by atoms with Crippen molar-refractivity contribution in [2.75, 3.05) is 0 Å². The summed E-state index contributed by atoms with van der Waals surface area (Å²) in [7, 11) is 0. The molecule has 0 N–H and O–H groups in total. The molecule has 0 spiro atoms. The monoisotopic (exact) mass is 1740 g/mol. The number of hydrogen-bond donors (Lipinski definition) is 0. The zero-order valence-corrected chi connectivity index (χ0v) is 73.6. The van der Waals surface area contributed by atoms with Gasteiger partial charge in [-0.3, -0.25) is 14.1 Å². The predicted octanol–water partition coefficient (Wildman–Crippen LogP) is 31.2. The van der Waals surface area contributed by atoms with Crippen molar-refractivity contribution in [1.82, 2.24) is 57.3 Å². The summed E-state index contributed by atoms with van der Waals surface area (Å²) in [5.74, 6) is 1.85. The lowest BCUT2D eigenvalue weighted by Gasteiger charge is -2.12. The Kier molecular flexibility index (Phi) is 19.0. The van der Waals surface area contributed by atoms with Crippen molar-refractivity contribution in [3.8, 4) is 102 Å². The van der Waals surface area contributed by atoms with Crippen LogP contribution in [-0.2, 0) is 0 Å². The third kappa shape index (κ3) is 13.4. The maximum atomic E-state index is 5.28. The summed E-state index contributed by atoms with van der Waals surface area (Å²) in [4.78, 5) is 30.2. The van der Waals surface area contributed by atoms with Gasteiger partial charge in [0.15, 0.2) is 11.6 Å². The summed E-state index contributed by atoms with van der Waals surface area (Å²) < 4.78 is 13.8. The van der Waals surface area contributed by atoms with Crippen LogP contribution in [0.3, 0.4) is 0 Å². The van der Waals surface area contributed by atoms with Crippen molar-refractivity contribution in [1.29, 1.82) is 0 Å². The Morgan fingerprint density at radius 1 is 0.169 bits per heavy atom. The molecule has 0 radical (unpaired) electrons. The largest absolute Gasteiger partial charge is 0.309 e. The van der Waals surface area contributed by atoms with Crippen LogP contribution in [-0.4, -0.2) is 57.3 Å². The highest BCUT2D eigenvalue weighted by molar-refractivity contribution is 6.16. The third-order valence-corrected chi connectivity index (χ3v) is 26.7. The molecule has 0 atom stereocenters. The Morgan fingerprint density at radius 3 is 1.10 bits per heavy atom. The molecule has 12 nitrogen and oxygen atoms in total. The van der Waals surface area contributed by atoms with Crippen LogP contribution in [0, 0.1) is 0 Å². The minimum absolute atomic E-state index is 0.581. The van der Waals surface area contributed by atoms with Gasteiger partial charge in [0.2, 0.25) is 5.95 Å². The first-order valence-electron chi connectivity index (χ1n) is 46.0. The van der Waals surface area contributed by atoms with Crippen LogP contribution in [0.2, 0.25) is 0 Å². The van der Waals surface area contributed by atoms with Crippen molar-refractivity contribution >= 4 is 142 Å². The van der Waals surface area contributed by atoms with E-state index in [-0.39, 0.29) is 0 Å². The molecule has 10 heterocycles. The second-order valence-corrected chi connectivity index (χ2v) is 34.5. The molecule has 0 saturated heterocycles. The lowest BCUT2D eigenvalue weighted by atomic mass is 10.0. The minimum atomic E-state index is 0.581. The first-order chi connectivity index (χ1) is 67.5. The van der Waals surface area contributed by atoms with E-state index in [9.17, 15) is 0 Å². The normalized spacial score (nSPS) is 11.7. The van der Waals surface area contributed by atoms with Gasteiger partial charge in [-0.05, 0) is 197 Å². The summed E-state index contributed by atoms with van der Waals surface area (Å²) in [6.45, 7) is 0. The van der Waals surface area contributed by atoms with Gasteiger partial charge in [-0.1, -0.05) is 309 Å². The summed E-state index contributed by atoms with van der Waals surface area (Å²) in [5.41, 5.74) is 32.1. The van der Waals surface area contributed by atoms with Gasteiger partial charge >= 0.3 is 0 Å². The second-order valence-electron chi connectivity index (χ2n) is 34.5. The molecule has 0 aliphatic rings. The summed E-state index contributed by atoms with van der Waals surface area (Å²) >= 11 is 0. The quantitative estimate of drug-likeness (QED) is 0.121. The summed E-state index contributed by atoms with van der Waals surface area (Å²) in [6.07, 6.45) is 3.89. The van der Waals surface area contributed by atoms with Gasteiger partial charge in [-0.25, -0.2) is 15.0 Å². The second kappa shape index (κ2) is 32.8. The Hall–Kier alpha value is -18.5. The van der Waals surface area contributed by atoms with E-state index >= 15 is 0 Å². The van der Waals surface area contributed by atoms with E-state index in [2.05, 4.69) is 428 Å². The molecule has 28 rings (SSSR count). The highest BCUT2D eigenvalue weighted by atomic mass is 15.2. The van der Waals surface area contributed by atoms with Crippen LogP contribution >= 0.6 is 0 Å². The fourth-order valence-electron chi connectivity index (χ4n) is 20.5. The maximum Gasteiger partial charge on any atom is 0.238 e. The van der Waals surface area contributed by atoms with E-state index in [4.69, 9.17) is 29.9 Å². The summed E-state index contributed by atoms with van der Waals surface area (Å²) in [5, 5.41) is 14.3.